The predicted octanol–water partition coefficient (Wildman–Crippen LogP) is 5.76. The largest absolute Gasteiger partial charge is 0.497 e. The SMILES string of the molecule is COc1cc(OC)cc(-c2nnc(SCc3ccc(OCc4ccc(F)cc4)cc3)o2)c1. The van der Waals surface area contributed by atoms with Gasteiger partial charge in [-0.1, -0.05) is 36.0 Å². The van der Waals surface area contributed by atoms with Crippen molar-refractivity contribution in [2.24, 2.45) is 0 Å². The second kappa shape index (κ2) is 10.2. The van der Waals surface area contributed by atoms with Crippen LogP contribution < -0.4 is 14.2 Å². The summed E-state index contributed by atoms with van der Waals surface area (Å²) >= 11 is 1.45. The first-order valence-electron chi connectivity index (χ1n) is 9.79. The van der Waals surface area contributed by atoms with Crippen molar-refractivity contribution in [3.05, 3.63) is 83.7 Å². The minimum atomic E-state index is -0.257. The molecule has 0 spiro atoms. The van der Waals surface area contributed by atoms with E-state index in [2.05, 4.69) is 10.2 Å². The normalized spacial score (nSPS) is 10.7. The summed E-state index contributed by atoms with van der Waals surface area (Å²) < 4.78 is 35.1. The Morgan fingerprint density at radius 1 is 0.812 bits per heavy atom. The highest BCUT2D eigenvalue weighted by Gasteiger charge is 2.12. The number of benzene rings is 3. The lowest BCUT2D eigenvalue weighted by atomic mass is 10.2. The van der Waals surface area contributed by atoms with Crippen molar-refractivity contribution in [2.45, 2.75) is 17.6 Å². The van der Waals surface area contributed by atoms with Crippen LogP contribution in [-0.4, -0.2) is 24.4 Å². The molecule has 0 amide bonds. The lowest BCUT2D eigenvalue weighted by molar-refractivity contribution is 0.306. The van der Waals surface area contributed by atoms with Gasteiger partial charge < -0.3 is 18.6 Å². The van der Waals surface area contributed by atoms with Gasteiger partial charge in [0.25, 0.3) is 5.22 Å². The second-order valence-corrected chi connectivity index (χ2v) is 7.75. The summed E-state index contributed by atoms with van der Waals surface area (Å²) in [5.41, 5.74) is 2.72. The quantitative estimate of drug-likeness (QED) is 0.299. The van der Waals surface area contributed by atoms with Crippen molar-refractivity contribution in [3.8, 4) is 28.7 Å². The van der Waals surface area contributed by atoms with E-state index >= 15 is 0 Å². The maximum absolute atomic E-state index is 13.0. The average Bonchev–Trinajstić information content (AvgIpc) is 3.32. The lowest BCUT2D eigenvalue weighted by Crippen LogP contribution is -1.95. The number of ether oxygens (including phenoxy) is 3. The number of hydrogen-bond donors (Lipinski definition) is 0. The molecule has 1 heterocycles. The predicted molar refractivity (Wildman–Crippen MR) is 120 cm³/mol. The van der Waals surface area contributed by atoms with E-state index in [0.29, 0.717) is 35.0 Å². The number of aromatic nitrogens is 2. The maximum Gasteiger partial charge on any atom is 0.277 e. The lowest BCUT2D eigenvalue weighted by Gasteiger charge is -2.07. The molecule has 0 aliphatic rings. The first kappa shape index (κ1) is 21.7. The molecule has 6 nitrogen and oxygen atoms in total. The molecule has 4 aromatic rings. The molecule has 0 radical (unpaired) electrons. The number of nitrogens with zero attached hydrogens (tertiary/aromatic N) is 2. The Hall–Kier alpha value is -3.52. The summed E-state index contributed by atoms with van der Waals surface area (Å²) in [6.07, 6.45) is 0. The molecule has 0 atom stereocenters. The van der Waals surface area contributed by atoms with Crippen LogP contribution in [0.15, 0.2) is 76.4 Å². The van der Waals surface area contributed by atoms with Crippen LogP contribution in [0.4, 0.5) is 4.39 Å². The summed E-state index contributed by atoms with van der Waals surface area (Å²) in [4.78, 5) is 0. The zero-order valence-corrected chi connectivity index (χ0v) is 18.4. The van der Waals surface area contributed by atoms with E-state index in [1.54, 1.807) is 32.4 Å². The smallest absolute Gasteiger partial charge is 0.277 e. The van der Waals surface area contributed by atoms with E-state index in [9.17, 15) is 4.39 Å². The van der Waals surface area contributed by atoms with Gasteiger partial charge in [-0.2, -0.15) is 0 Å². The van der Waals surface area contributed by atoms with Crippen LogP contribution in [0.3, 0.4) is 0 Å². The zero-order valence-electron chi connectivity index (χ0n) is 17.6. The van der Waals surface area contributed by atoms with E-state index < -0.39 is 0 Å². The van der Waals surface area contributed by atoms with Gasteiger partial charge >= 0.3 is 0 Å². The van der Waals surface area contributed by atoms with Gasteiger partial charge in [-0.25, -0.2) is 4.39 Å². The molecule has 8 heteroatoms. The van der Waals surface area contributed by atoms with Crippen LogP contribution in [0.1, 0.15) is 11.1 Å². The standard InChI is InChI=1S/C24H21FN2O4S/c1-28-21-11-18(12-22(13-21)29-2)23-26-27-24(31-23)32-15-17-5-9-20(10-6-17)30-14-16-3-7-19(25)8-4-16/h3-13H,14-15H2,1-2H3. The van der Waals surface area contributed by atoms with Crippen molar-refractivity contribution in [2.75, 3.05) is 14.2 Å². The molecule has 0 aliphatic carbocycles. The number of rotatable bonds is 9. The molecule has 0 saturated carbocycles. The third-order valence-electron chi connectivity index (χ3n) is 4.61. The molecular formula is C24H21FN2O4S. The highest BCUT2D eigenvalue weighted by Crippen LogP contribution is 2.31. The van der Waals surface area contributed by atoms with E-state index in [-0.39, 0.29) is 5.82 Å². The van der Waals surface area contributed by atoms with Gasteiger partial charge in [0.15, 0.2) is 0 Å². The van der Waals surface area contributed by atoms with Crippen molar-refractivity contribution in [1.29, 1.82) is 0 Å². The first-order chi connectivity index (χ1) is 15.6. The van der Waals surface area contributed by atoms with Gasteiger partial charge in [-0.05, 0) is 47.5 Å². The topological polar surface area (TPSA) is 66.6 Å². The third kappa shape index (κ3) is 5.59. The Morgan fingerprint density at radius 3 is 2.12 bits per heavy atom. The molecule has 32 heavy (non-hydrogen) atoms. The molecule has 3 aromatic carbocycles. The number of methoxy groups -OCH3 is 2. The Labute approximate surface area is 189 Å². The summed E-state index contributed by atoms with van der Waals surface area (Å²) in [6, 6.07) is 19.4. The zero-order chi connectivity index (χ0) is 22.3. The van der Waals surface area contributed by atoms with Crippen LogP contribution in [-0.2, 0) is 12.4 Å². The summed E-state index contributed by atoms with van der Waals surface area (Å²) in [5.74, 6) is 2.85. The van der Waals surface area contributed by atoms with Crippen molar-refractivity contribution in [1.82, 2.24) is 10.2 Å². The van der Waals surface area contributed by atoms with E-state index in [0.717, 1.165) is 22.4 Å². The molecule has 0 aliphatic heterocycles. The monoisotopic (exact) mass is 452 g/mol. The van der Waals surface area contributed by atoms with Crippen molar-refractivity contribution < 1.29 is 23.0 Å². The Morgan fingerprint density at radius 2 is 1.47 bits per heavy atom. The number of hydrogen-bond acceptors (Lipinski definition) is 7. The minimum Gasteiger partial charge on any atom is -0.497 e. The van der Waals surface area contributed by atoms with Gasteiger partial charge in [-0.3, -0.25) is 0 Å². The molecule has 0 fully saturated rings. The Bertz CT molecular complexity index is 1140. The maximum atomic E-state index is 13.0. The highest BCUT2D eigenvalue weighted by molar-refractivity contribution is 7.98. The van der Waals surface area contributed by atoms with Crippen LogP contribution >= 0.6 is 11.8 Å². The summed E-state index contributed by atoms with van der Waals surface area (Å²) in [6.45, 7) is 0.383. The molecular weight excluding hydrogens is 431 g/mol. The van der Waals surface area contributed by atoms with E-state index in [1.807, 2.05) is 36.4 Å². The third-order valence-corrected chi connectivity index (χ3v) is 5.50. The summed E-state index contributed by atoms with van der Waals surface area (Å²) in [7, 11) is 3.18. The van der Waals surface area contributed by atoms with Gasteiger partial charge in [-0.15, -0.1) is 10.2 Å². The van der Waals surface area contributed by atoms with Gasteiger partial charge in [0, 0.05) is 17.4 Å². The Balaban J connectivity index is 1.33. The van der Waals surface area contributed by atoms with Gasteiger partial charge in [0.05, 0.1) is 14.2 Å². The number of halogens is 1. The molecule has 0 unspecified atom stereocenters. The average molecular weight is 453 g/mol. The molecule has 0 bridgehead atoms. The fourth-order valence-electron chi connectivity index (χ4n) is 2.89. The van der Waals surface area contributed by atoms with Gasteiger partial charge in [0.1, 0.15) is 29.7 Å². The van der Waals surface area contributed by atoms with Crippen LogP contribution in [0, 0.1) is 5.82 Å². The molecule has 0 saturated heterocycles. The number of thioether (sulfide) groups is 1. The summed E-state index contributed by atoms with van der Waals surface area (Å²) in [5, 5.41) is 8.72. The fraction of sp³-hybridized carbons (Fsp3) is 0.167. The highest BCUT2D eigenvalue weighted by atomic mass is 32.2. The molecule has 4 rings (SSSR count). The molecule has 164 valence electrons. The minimum absolute atomic E-state index is 0.257. The van der Waals surface area contributed by atoms with Crippen LogP contribution in [0.25, 0.3) is 11.5 Å². The van der Waals surface area contributed by atoms with E-state index in [4.69, 9.17) is 18.6 Å². The van der Waals surface area contributed by atoms with Crippen LogP contribution in [0.2, 0.25) is 0 Å². The Kier molecular flexibility index (Phi) is 6.91. The van der Waals surface area contributed by atoms with Gasteiger partial charge in [0.2, 0.25) is 5.89 Å². The van der Waals surface area contributed by atoms with Crippen molar-refractivity contribution in [3.63, 3.8) is 0 Å². The van der Waals surface area contributed by atoms with Crippen LogP contribution in [0.5, 0.6) is 17.2 Å². The molecule has 1 aromatic heterocycles. The second-order valence-electron chi connectivity index (χ2n) is 6.82. The van der Waals surface area contributed by atoms with E-state index in [1.165, 1.54) is 23.9 Å². The van der Waals surface area contributed by atoms with Crippen molar-refractivity contribution >= 4 is 11.8 Å². The molecule has 0 N–H and O–H groups in total. The first-order valence-corrected chi connectivity index (χ1v) is 10.8. The fourth-order valence-corrected chi connectivity index (χ4v) is 3.61.